The lowest BCUT2D eigenvalue weighted by molar-refractivity contribution is -0.119. The average molecular weight is 534 g/mol. The molecule has 1 atom stereocenters. The summed E-state index contributed by atoms with van der Waals surface area (Å²) in [6.07, 6.45) is 8.32. The van der Waals surface area contributed by atoms with Crippen LogP contribution in [0.4, 0.5) is 0 Å². The SMILES string of the molecule is C[C@H](N)C(=O)CCc1cnc2c(c1)c(Cl)cn2C.Cl.Cl.Cn1cc(Cl)c2cc(CN)cnc21. The number of aryl methyl sites for hydroxylation is 3. The Morgan fingerprint density at radius 3 is 1.88 bits per heavy atom. The molecule has 4 N–H and O–H groups in total. The third-order valence-electron chi connectivity index (χ3n) is 5.05. The Hall–Kier alpha value is -1.87. The van der Waals surface area contributed by atoms with E-state index in [2.05, 4.69) is 9.97 Å². The van der Waals surface area contributed by atoms with Gasteiger partial charge in [-0.2, -0.15) is 0 Å². The van der Waals surface area contributed by atoms with E-state index >= 15 is 0 Å². The van der Waals surface area contributed by atoms with Crippen LogP contribution < -0.4 is 11.5 Å². The van der Waals surface area contributed by atoms with E-state index in [1.54, 1.807) is 19.3 Å². The van der Waals surface area contributed by atoms with Crippen molar-refractivity contribution in [3.05, 3.63) is 58.1 Å². The molecule has 0 aliphatic heterocycles. The summed E-state index contributed by atoms with van der Waals surface area (Å²) in [5, 5.41) is 3.29. The van der Waals surface area contributed by atoms with Crippen molar-refractivity contribution in [3.63, 3.8) is 0 Å². The smallest absolute Gasteiger partial charge is 0.149 e. The zero-order valence-electron chi connectivity index (χ0n) is 18.6. The minimum absolute atomic E-state index is 0. The summed E-state index contributed by atoms with van der Waals surface area (Å²) < 4.78 is 3.78. The van der Waals surface area contributed by atoms with E-state index < -0.39 is 6.04 Å². The number of nitrogens with zero attached hydrogens (tertiary/aromatic N) is 4. The zero-order valence-corrected chi connectivity index (χ0v) is 21.7. The molecule has 0 saturated carbocycles. The van der Waals surface area contributed by atoms with Crippen molar-refractivity contribution in [2.75, 3.05) is 0 Å². The van der Waals surface area contributed by atoms with Crippen molar-refractivity contribution < 1.29 is 4.79 Å². The number of halogens is 4. The van der Waals surface area contributed by atoms with Crippen LogP contribution in [0.1, 0.15) is 24.5 Å². The maximum Gasteiger partial charge on any atom is 0.149 e. The first-order chi connectivity index (χ1) is 14.7. The molecule has 0 unspecified atom stereocenters. The van der Waals surface area contributed by atoms with Gasteiger partial charge in [-0.3, -0.25) is 4.79 Å². The Kier molecular flexibility index (Phi) is 11.1. The number of carbonyl (C=O) groups is 1. The summed E-state index contributed by atoms with van der Waals surface area (Å²) in [4.78, 5) is 20.1. The fourth-order valence-electron chi connectivity index (χ4n) is 3.26. The van der Waals surface area contributed by atoms with Crippen molar-refractivity contribution in [2.24, 2.45) is 25.6 Å². The zero-order chi connectivity index (χ0) is 22.7. The molecule has 180 valence electrons. The Balaban J connectivity index is 0.000000324. The topological polar surface area (TPSA) is 105 Å². The number of carbonyl (C=O) groups excluding carboxylic acids is 1. The molecule has 0 aliphatic rings. The molecule has 0 saturated heterocycles. The molecule has 0 aliphatic carbocycles. The van der Waals surface area contributed by atoms with Crippen LogP contribution in [-0.2, 0) is 31.9 Å². The van der Waals surface area contributed by atoms with Gasteiger partial charge in [0.05, 0.1) is 16.1 Å². The van der Waals surface area contributed by atoms with Crippen LogP contribution in [0.3, 0.4) is 0 Å². The summed E-state index contributed by atoms with van der Waals surface area (Å²) in [6, 6.07) is 3.56. The molecule has 0 aromatic carbocycles. The van der Waals surface area contributed by atoms with Gasteiger partial charge in [-0.05, 0) is 36.6 Å². The van der Waals surface area contributed by atoms with Crippen LogP contribution in [0.2, 0.25) is 10.0 Å². The summed E-state index contributed by atoms with van der Waals surface area (Å²) in [6.45, 7) is 2.20. The fourth-order valence-corrected chi connectivity index (χ4v) is 3.83. The number of pyridine rings is 2. The molecule has 33 heavy (non-hydrogen) atoms. The molecule has 4 aromatic rings. The minimum atomic E-state index is -0.401. The number of ketones is 1. The molecular formula is C22H28Cl4N6O. The number of nitrogens with two attached hydrogens (primary N) is 2. The van der Waals surface area contributed by atoms with E-state index in [0.29, 0.717) is 24.4 Å². The second-order valence-electron chi connectivity index (χ2n) is 7.56. The predicted molar refractivity (Wildman–Crippen MR) is 141 cm³/mol. The molecule has 4 rings (SSSR count). The standard InChI is InChI=1S/C13H16ClN3O.C9H10ClN3.2ClH/c1-8(15)12(18)4-3-9-5-10-11(14)7-17(2)13(10)16-6-9;1-13-5-8(10)7-2-6(3-11)4-12-9(7)13;;/h5-8H,3-4,15H2,1-2H3;2,4-5H,3,11H2,1H3;2*1H/t8-;;;/m0.../s1. The predicted octanol–water partition coefficient (Wildman–Crippen LogP) is 4.60. The van der Waals surface area contributed by atoms with Gasteiger partial charge in [0.15, 0.2) is 0 Å². The van der Waals surface area contributed by atoms with Gasteiger partial charge in [0, 0.05) is 62.6 Å². The highest BCUT2D eigenvalue weighted by molar-refractivity contribution is 6.35. The van der Waals surface area contributed by atoms with Crippen LogP contribution in [0.25, 0.3) is 22.1 Å². The average Bonchev–Trinajstić information content (AvgIpc) is 3.20. The van der Waals surface area contributed by atoms with Gasteiger partial charge in [-0.15, -0.1) is 24.8 Å². The van der Waals surface area contributed by atoms with Gasteiger partial charge >= 0.3 is 0 Å². The Bertz CT molecular complexity index is 1230. The molecule has 4 heterocycles. The van der Waals surface area contributed by atoms with Crippen molar-refractivity contribution >= 4 is 75.9 Å². The van der Waals surface area contributed by atoms with Crippen LogP contribution >= 0.6 is 48.0 Å². The number of aromatic nitrogens is 4. The van der Waals surface area contributed by atoms with Crippen LogP contribution in [-0.4, -0.2) is 30.9 Å². The molecule has 7 nitrogen and oxygen atoms in total. The van der Waals surface area contributed by atoms with Gasteiger partial charge in [-0.25, -0.2) is 9.97 Å². The summed E-state index contributed by atoms with van der Waals surface area (Å²) in [5.41, 5.74) is 14.8. The first-order valence-corrected chi connectivity index (χ1v) is 10.6. The lowest BCUT2D eigenvalue weighted by atomic mass is 10.1. The van der Waals surface area contributed by atoms with Gasteiger partial charge in [0.2, 0.25) is 0 Å². The number of Topliss-reactive ketones (excluding diaryl/α,β-unsaturated/α-hetero) is 1. The van der Waals surface area contributed by atoms with E-state index in [1.807, 2.05) is 47.8 Å². The first-order valence-electron chi connectivity index (χ1n) is 9.88. The van der Waals surface area contributed by atoms with Crippen molar-refractivity contribution in [1.82, 2.24) is 19.1 Å². The highest BCUT2D eigenvalue weighted by atomic mass is 35.5. The summed E-state index contributed by atoms with van der Waals surface area (Å²) >= 11 is 12.1. The molecule has 11 heteroatoms. The minimum Gasteiger partial charge on any atom is -0.334 e. The van der Waals surface area contributed by atoms with Gasteiger partial charge < -0.3 is 20.6 Å². The summed E-state index contributed by atoms with van der Waals surface area (Å²) in [5.74, 6) is 0.0641. The quantitative estimate of drug-likeness (QED) is 0.390. The van der Waals surface area contributed by atoms with Crippen LogP contribution in [0, 0.1) is 0 Å². The lowest BCUT2D eigenvalue weighted by Gasteiger charge is -2.04. The molecular weight excluding hydrogens is 506 g/mol. The third kappa shape index (κ3) is 6.82. The molecule has 0 amide bonds. The van der Waals surface area contributed by atoms with Crippen molar-refractivity contribution in [1.29, 1.82) is 0 Å². The highest BCUT2D eigenvalue weighted by Gasteiger charge is 2.10. The molecule has 0 fully saturated rings. The second kappa shape index (κ2) is 12.6. The van der Waals surface area contributed by atoms with Gasteiger partial charge in [0.1, 0.15) is 17.1 Å². The number of rotatable bonds is 5. The highest BCUT2D eigenvalue weighted by Crippen LogP contribution is 2.25. The van der Waals surface area contributed by atoms with E-state index in [-0.39, 0.29) is 30.6 Å². The molecule has 4 aromatic heterocycles. The van der Waals surface area contributed by atoms with Crippen molar-refractivity contribution in [2.45, 2.75) is 32.4 Å². The maximum absolute atomic E-state index is 11.5. The summed E-state index contributed by atoms with van der Waals surface area (Å²) in [7, 11) is 3.82. The van der Waals surface area contributed by atoms with Gasteiger partial charge in [-0.1, -0.05) is 23.2 Å². The number of hydrogen-bond donors (Lipinski definition) is 2. The fraction of sp³-hybridized carbons (Fsp3) is 0.318. The van der Waals surface area contributed by atoms with E-state index in [9.17, 15) is 4.79 Å². The number of hydrogen-bond acceptors (Lipinski definition) is 5. The first kappa shape index (κ1) is 29.2. The molecule has 0 radical (unpaired) electrons. The van der Waals surface area contributed by atoms with Crippen LogP contribution in [0.15, 0.2) is 36.9 Å². The normalized spacial score (nSPS) is 11.4. The number of fused-ring (bicyclic) bond motifs is 2. The van der Waals surface area contributed by atoms with E-state index in [4.69, 9.17) is 34.7 Å². The van der Waals surface area contributed by atoms with Crippen molar-refractivity contribution in [3.8, 4) is 0 Å². The monoisotopic (exact) mass is 532 g/mol. The van der Waals surface area contributed by atoms with E-state index in [0.717, 1.165) is 38.2 Å². The second-order valence-corrected chi connectivity index (χ2v) is 8.38. The largest absolute Gasteiger partial charge is 0.334 e. The molecule has 0 bridgehead atoms. The van der Waals surface area contributed by atoms with E-state index in [1.165, 1.54) is 0 Å². The maximum atomic E-state index is 11.5. The Morgan fingerprint density at radius 2 is 1.42 bits per heavy atom. The third-order valence-corrected chi connectivity index (χ3v) is 5.65. The lowest BCUT2D eigenvalue weighted by Crippen LogP contribution is -2.26. The molecule has 0 spiro atoms. The Morgan fingerprint density at radius 1 is 0.970 bits per heavy atom. The Labute approximate surface area is 215 Å². The van der Waals surface area contributed by atoms with Crippen LogP contribution in [0.5, 0.6) is 0 Å². The van der Waals surface area contributed by atoms with Gasteiger partial charge in [0.25, 0.3) is 0 Å².